The van der Waals surface area contributed by atoms with Gasteiger partial charge in [0.25, 0.3) is 0 Å². The minimum absolute atomic E-state index is 0.809. The van der Waals surface area contributed by atoms with E-state index in [-0.39, 0.29) is 0 Å². The Morgan fingerprint density at radius 1 is 0.636 bits per heavy atom. The van der Waals surface area contributed by atoms with Crippen molar-refractivity contribution in [1.29, 1.82) is 0 Å². The molecule has 0 amide bonds. The van der Waals surface area contributed by atoms with E-state index in [0.717, 1.165) is 37.4 Å². The number of benzene rings is 1. The molecule has 0 aliphatic rings. The maximum atomic E-state index is 6.42. The molecule has 1 rings (SSSR count). The third-order valence-corrected chi connectivity index (χ3v) is 14.4. The van der Waals surface area contributed by atoms with Gasteiger partial charge in [-0.2, -0.15) is 0 Å². The van der Waals surface area contributed by atoms with Gasteiger partial charge in [0.2, 0.25) is 16.6 Å². The monoisotopic (exact) mass is 338 g/mol. The van der Waals surface area contributed by atoms with Gasteiger partial charge >= 0.3 is 0 Å². The van der Waals surface area contributed by atoms with Gasteiger partial charge in [0.05, 0.1) is 0 Å². The molecule has 0 N–H and O–H groups in total. The molecule has 0 fully saturated rings. The van der Waals surface area contributed by atoms with Crippen LogP contribution in [0.1, 0.15) is 41.5 Å². The fraction of sp³-hybridized carbons (Fsp3) is 0.667. The Kier molecular flexibility index (Phi) is 8.04. The van der Waals surface area contributed by atoms with Crippen molar-refractivity contribution >= 4 is 27.0 Å². The average Bonchev–Trinajstić information content (AvgIpc) is 2.58. The summed E-state index contributed by atoms with van der Waals surface area (Å²) in [6.07, 6.45) is 0. The Balaban J connectivity index is 3.50. The number of rotatable bonds is 10. The van der Waals surface area contributed by atoms with Crippen LogP contribution in [-0.2, 0) is 8.85 Å². The third kappa shape index (κ3) is 3.73. The van der Waals surface area contributed by atoms with E-state index in [4.69, 9.17) is 8.85 Å². The van der Waals surface area contributed by atoms with Crippen LogP contribution in [0.25, 0.3) is 0 Å². The Hall–Kier alpha value is -0.426. The van der Waals surface area contributed by atoms with Crippen LogP contribution in [-0.4, -0.2) is 29.8 Å². The van der Waals surface area contributed by atoms with Crippen molar-refractivity contribution in [2.45, 2.75) is 65.7 Å². The van der Waals surface area contributed by atoms with Crippen molar-refractivity contribution in [3.8, 4) is 0 Å². The standard InChI is InChI=1S/C18H34O2Si2/c1-7-19-21(9-3,10-4)17-15-13-14-16-18(17)22(11-5,12-6)20-8-2/h13-16H,7-12H2,1-6H3. The van der Waals surface area contributed by atoms with Crippen LogP contribution < -0.4 is 10.4 Å². The van der Waals surface area contributed by atoms with E-state index >= 15 is 0 Å². The lowest BCUT2D eigenvalue weighted by atomic mass is 10.4. The number of hydrogen-bond donors (Lipinski definition) is 0. The third-order valence-electron chi connectivity index (χ3n) is 5.03. The van der Waals surface area contributed by atoms with Gasteiger partial charge < -0.3 is 8.85 Å². The van der Waals surface area contributed by atoms with E-state index < -0.39 is 16.6 Å². The Labute approximate surface area is 139 Å². The van der Waals surface area contributed by atoms with Gasteiger partial charge in [-0.1, -0.05) is 52.0 Å². The predicted octanol–water partition coefficient (Wildman–Crippen LogP) is 4.14. The van der Waals surface area contributed by atoms with Crippen molar-refractivity contribution in [3.05, 3.63) is 24.3 Å². The van der Waals surface area contributed by atoms with Gasteiger partial charge in [-0.3, -0.25) is 0 Å². The van der Waals surface area contributed by atoms with Crippen LogP contribution in [0.15, 0.2) is 24.3 Å². The summed E-state index contributed by atoms with van der Waals surface area (Å²) in [4.78, 5) is 0. The van der Waals surface area contributed by atoms with Crippen molar-refractivity contribution in [2.75, 3.05) is 13.2 Å². The van der Waals surface area contributed by atoms with Gasteiger partial charge in [0, 0.05) is 13.2 Å². The molecule has 126 valence electrons. The minimum Gasteiger partial charge on any atom is -0.413 e. The smallest absolute Gasteiger partial charge is 0.223 e. The summed E-state index contributed by atoms with van der Waals surface area (Å²) in [5.74, 6) is 0. The van der Waals surface area contributed by atoms with Gasteiger partial charge in [0.15, 0.2) is 0 Å². The van der Waals surface area contributed by atoms with Crippen LogP contribution in [0.2, 0.25) is 24.2 Å². The quantitative estimate of drug-likeness (QED) is 0.597. The van der Waals surface area contributed by atoms with Crippen LogP contribution >= 0.6 is 0 Å². The molecule has 0 aliphatic carbocycles. The molecule has 0 saturated carbocycles. The topological polar surface area (TPSA) is 18.5 Å². The largest absolute Gasteiger partial charge is 0.413 e. The first-order valence-electron chi connectivity index (χ1n) is 8.97. The fourth-order valence-electron chi connectivity index (χ4n) is 3.66. The maximum Gasteiger partial charge on any atom is 0.223 e. The summed E-state index contributed by atoms with van der Waals surface area (Å²) in [6.45, 7) is 15.1. The molecule has 0 unspecified atom stereocenters. The molecule has 1 aromatic carbocycles. The van der Waals surface area contributed by atoms with E-state index in [2.05, 4.69) is 65.8 Å². The summed E-state index contributed by atoms with van der Waals surface area (Å²) in [6, 6.07) is 13.6. The van der Waals surface area contributed by atoms with E-state index in [9.17, 15) is 0 Å². The molecule has 0 aromatic heterocycles. The Morgan fingerprint density at radius 2 is 0.955 bits per heavy atom. The minimum atomic E-state index is -1.88. The molecule has 0 aliphatic heterocycles. The first-order chi connectivity index (χ1) is 10.6. The predicted molar refractivity (Wildman–Crippen MR) is 102 cm³/mol. The zero-order chi connectivity index (χ0) is 16.6. The number of hydrogen-bond acceptors (Lipinski definition) is 2. The van der Waals surface area contributed by atoms with Crippen LogP contribution in [0, 0.1) is 0 Å². The second-order valence-electron chi connectivity index (χ2n) is 5.81. The molecule has 0 radical (unpaired) electrons. The van der Waals surface area contributed by atoms with Crippen molar-refractivity contribution in [1.82, 2.24) is 0 Å². The molecule has 2 nitrogen and oxygen atoms in total. The maximum absolute atomic E-state index is 6.42. The van der Waals surface area contributed by atoms with Crippen LogP contribution in [0.4, 0.5) is 0 Å². The second kappa shape index (κ2) is 9.01. The normalized spacial score (nSPS) is 12.6. The first-order valence-corrected chi connectivity index (χ1v) is 13.6. The van der Waals surface area contributed by atoms with Gasteiger partial charge in [-0.05, 0) is 48.4 Å². The van der Waals surface area contributed by atoms with Crippen LogP contribution in [0.3, 0.4) is 0 Å². The van der Waals surface area contributed by atoms with Crippen molar-refractivity contribution in [3.63, 3.8) is 0 Å². The molecular formula is C18H34O2Si2. The van der Waals surface area contributed by atoms with E-state index in [1.807, 2.05) is 0 Å². The summed E-state index contributed by atoms with van der Waals surface area (Å²) in [7, 11) is -3.76. The molecule has 22 heavy (non-hydrogen) atoms. The highest BCUT2D eigenvalue weighted by atomic mass is 28.4. The zero-order valence-electron chi connectivity index (χ0n) is 15.4. The van der Waals surface area contributed by atoms with Crippen molar-refractivity contribution < 1.29 is 8.85 Å². The van der Waals surface area contributed by atoms with E-state index in [1.54, 1.807) is 0 Å². The molecule has 4 heteroatoms. The average molecular weight is 339 g/mol. The van der Waals surface area contributed by atoms with Gasteiger partial charge in [-0.25, -0.2) is 0 Å². The fourth-order valence-corrected chi connectivity index (χ4v) is 11.7. The highest BCUT2D eigenvalue weighted by Crippen LogP contribution is 2.21. The molecule has 0 saturated heterocycles. The van der Waals surface area contributed by atoms with Gasteiger partial charge in [0.1, 0.15) is 0 Å². The van der Waals surface area contributed by atoms with Crippen LogP contribution in [0.5, 0.6) is 0 Å². The Bertz CT molecular complexity index is 399. The molecule has 0 spiro atoms. The lowest BCUT2D eigenvalue weighted by Crippen LogP contribution is -2.64. The highest BCUT2D eigenvalue weighted by molar-refractivity contribution is 6.96. The van der Waals surface area contributed by atoms with Gasteiger partial charge in [-0.15, -0.1) is 0 Å². The molecule has 0 heterocycles. The summed E-state index contributed by atoms with van der Waals surface area (Å²) < 4.78 is 12.8. The summed E-state index contributed by atoms with van der Waals surface area (Å²) >= 11 is 0. The molecule has 1 aromatic rings. The molecular weight excluding hydrogens is 304 g/mol. The molecule has 0 bridgehead atoms. The lowest BCUT2D eigenvalue weighted by molar-refractivity contribution is 0.327. The van der Waals surface area contributed by atoms with E-state index in [0.29, 0.717) is 0 Å². The SMILES string of the molecule is CCO[Si](CC)(CC)c1ccccc1[Si](CC)(CC)OCC. The molecule has 0 atom stereocenters. The first kappa shape index (κ1) is 19.6. The lowest BCUT2D eigenvalue weighted by Gasteiger charge is -2.37. The highest BCUT2D eigenvalue weighted by Gasteiger charge is 2.42. The van der Waals surface area contributed by atoms with Crippen molar-refractivity contribution in [2.24, 2.45) is 0 Å². The zero-order valence-corrected chi connectivity index (χ0v) is 17.4. The summed E-state index contributed by atoms with van der Waals surface area (Å²) in [5.41, 5.74) is 0. The summed E-state index contributed by atoms with van der Waals surface area (Å²) in [5, 5.41) is 3.01. The second-order valence-corrected chi connectivity index (χ2v) is 14.3. The van der Waals surface area contributed by atoms with E-state index in [1.165, 1.54) is 10.4 Å². The Morgan fingerprint density at radius 3 is 1.18 bits per heavy atom.